The van der Waals surface area contributed by atoms with Gasteiger partial charge in [-0.1, -0.05) is 23.5 Å². The average molecular weight is 522 g/mol. The summed E-state index contributed by atoms with van der Waals surface area (Å²) < 4.78 is 23.0. The van der Waals surface area contributed by atoms with Crippen molar-refractivity contribution in [2.75, 3.05) is 65.6 Å². The SMILES string of the molecule is COc1cc(C(=O)N(CCN2CCOCC2)c2nc3c(C)ccc(C)c3s2)cc(OC)c1OC.Cl. The third-order valence-corrected chi connectivity index (χ3v) is 7.28. The highest BCUT2D eigenvalue weighted by Crippen LogP contribution is 2.39. The van der Waals surface area contributed by atoms with Crippen molar-refractivity contribution >= 4 is 45.0 Å². The van der Waals surface area contributed by atoms with Gasteiger partial charge >= 0.3 is 0 Å². The molecule has 0 atom stereocenters. The Bertz CT molecular complexity index is 1120. The van der Waals surface area contributed by atoms with E-state index in [2.05, 4.69) is 24.0 Å². The summed E-state index contributed by atoms with van der Waals surface area (Å²) in [6, 6.07) is 7.55. The minimum atomic E-state index is -0.165. The summed E-state index contributed by atoms with van der Waals surface area (Å²) in [6.45, 7) is 8.48. The first-order chi connectivity index (χ1) is 16.5. The predicted octanol–water partition coefficient (Wildman–Crippen LogP) is 4.34. The number of benzene rings is 2. The average Bonchev–Trinajstić information content (AvgIpc) is 3.32. The Morgan fingerprint density at radius 3 is 2.26 bits per heavy atom. The Morgan fingerprint density at radius 2 is 1.69 bits per heavy atom. The van der Waals surface area contributed by atoms with Crippen LogP contribution in [0.4, 0.5) is 5.13 Å². The lowest BCUT2D eigenvalue weighted by Gasteiger charge is -2.29. The number of carbonyl (C=O) groups excluding carboxylic acids is 1. The number of morpholine rings is 1. The highest BCUT2D eigenvalue weighted by atomic mass is 35.5. The van der Waals surface area contributed by atoms with Gasteiger partial charge in [0.15, 0.2) is 16.6 Å². The number of nitrogens with zero attached hydrogens (tertiary/aromatic N) is 3. The summed E-state index contributed by atoms with van der Waals surface area (Å²) in [5.41, 5.74) is 3.63. The van der Waals surface area contributed by atoms with Crippen molar-refractivity contribution in [2.45, 2.75) is 13.8 Å². The molecule has 10 heteroatoms. The molecule has 2 heterocycles. The molecular formula is C25H32ClN3O5S. The van der Waals surface area contributed by atoms with E-state index in [0.29, 0.717) is 47.7 Å². The Hall–Kier alpha value is -2.59. The molecule has 8 nitrogen and oxygen atoms in total. The number of hydrogen-bond donors (Lipinski definition) is 0. The van der Waals surface area contributed by atoms with Gasteiger partial charge in [0.1, 0.15) is 0 Å². The molecule has 0 aliphatic carbocycles. The first-order valence-electron chi connectivity index (χ1n) is 11.3. The number of methoxy groups -OCH3 is 3. The molecule has 1 amide bonds. The van der Waals surface area contributed by atoms with Crippen LogP contribution in [-0.2, 0) is 4.74 Å². The lowest BCUT2D eigenvalue weighted by Crippen LogP contribution is -2.43. The molecule has 1 aliphatic heterocycles. The van der Waals surface area contributed by atoms with Crippen LogP contribution in [0.15, 0.2) is 24.3 Å². The molecule has 1 aliphatic rings. The maximum Gasteiger partial charge on any atom is 0.260 e. The molecule has 190 valence electrons. The lowest BCUT2D eigenvalue weighted by molar-refractivity contribution is 0.0391. The van der Waals surface area contributed by atoms with Gasteiger partial charge in [0.2, 0.25) is 5.75 Å². The standard InChI is InChI=1S/C25H31N3O5S.ClH/c1-16-6-7-17(2)23-21(16)26-25(34-23)28(9-8-27-10-12-33-13-11-27)24(29)18-14-19(30-3)22(32-5)20(15-18)31-4;/h6-7,14-15H,8-13H2,1-5H3;1H. The van der Waals surface area contributed by atoms with E-state index in [4.69, 9.17) is 23.9 Å². The zero-order valence-electron chi connectivity index (χ0n) is 20.8. The minimum absolute atomic E-state index is 0. The molecule has 0 N–H and O–H groups in total. The molecule has 1 saturated heterocycles. The second-order valence-electron chi connectivity index (χ2n) is 8.20. The maximum absolute atomic E-state index is 13.9. The van der Waals surface area contributed by atoms with Crippen LogP contribution in [0.5, 0.6) is 17.2 Å². The van der Waals surface area contributed by atoms with Gasteiger partial charge in [0.25, 0.3) is 5.91 Å². The van der Waals surface area contributed by atoms with E-state index in [9.17, 15) is 4.79 Å². The second kappa shape index (κ2) is 11.9. The summed E-state index contributed by atoms with van der Waals surface area (Å²) in [6.07, 6.45) is 0. The Morgan fingerprint density at radius 1 is 1.06 bits per heavy atom. The number of aromatic nitrogens is 1. The third kappa shape index (κ3) is 5.64. The van der Waals surface area contributed by atoms with E-state index in [1.165, 1.54) is 0 Å². The number of ether oxygens (including phenoxy) is 4. The molecule has 35 heavy (non-hydrogen) atoms. The molecule has 0 unspecified atom stereocenters. The zero-order chi connectivity index (χ0) is 24.2. The number of halogens is 1. The van der Waals surface area contributed by atoms with Gasteiger partial charge in [-0.25, -0.2) is 4.98 Å². The number of carbonyl (C=O) groups is 1. The second-order valence-corrected chi connectivity index (χ2v) is 9.18. The van der Waals surface area contributed by atoms with Crippen LogP contribution in [0, 0.1) is 13.8 Å². The van der Waals surface area contributed by atoms with Gasteiger partial charge in [0, 0.05) is 31.7 Å². The molecule has 3 aromatic rings. The molecule has 1 fully saturated rings. The summed E-state index contributed by atoms with van der Waals surface area (Å²) in [5.74, 6) is 1.16. The van der Waals surface area contributed by atoms with Crippen molar-refractivity contribution in [2.24, 2.45) is 0 Å². The van der Waals surface area contributed by atoms with Crippen molar-refractivity contribution in [1.29, 1.82) is 0 Å². The minimum Gasteiger partial charge on any atom is -0.493 e. The Balaban J connectivity index is 0.00000342. The fraction of sp³-hybridized carbons (Fsp3) is 0.440. The maximum atomic E-state index is 13.9. The van der Waals surface area contributed by atoms with Crippen LogP contribution in [-0.4, -0.2) is 76.5 Å². The quantitative estimate of drug-likeness (QED) is 0.436. The van der Waals surface area contributed by atoms with Gasteiger partial charge < -0.3 is 18.9 Å². The first-order valence-corrected chi connectivity index (χ1v) is 12.1. The molecule has 0 saturated carbocycles. The van der Waals surface area contributed by atoms with Crippen molar-refractivity contribution < 1.29 is 23.7 Å². The van der Waals surface area contributed by atoms with Gasteiger partial charge in [-0.05, 0) is 37.1 Å². The van der Waals surface area contributed by atoms with Gasteiger partial charge in [-0.15, -0.1) is 12.4 Å². The largest absolute Gasteiger partial charge is 0.493 e. The summed E-state index contributed by atoms with van der Waals surface area (Å²) in [7, 11) is 4.63. The van der Waals surface area contributed by atoms with E-state index in [1.54, 1.807) is 49.7 Å². The highest BCUT2D eigenvalue weighted by molar-refractivity contribution is 7.22. The number of amides is 1. The Labute approximate surface area is 216 Å². The molecule has 0 bridgehead atoms. The van der Waals surface area contributed by atoms with E-state index in [1.807, 2.05) is 6.92 Å². The van der Waals surface area contributed by atoms with Crippen LogP contribution < -0.4 is 19.1 Å². The number of aryl methyl sites for hydroxylation is 2. The predicted molar refractivity (Wildman–Crippen MR) is 141 cm³/mol. The van der Waals surface area contributed by atoms with Crippen LogP contribution >= 0.6 is 23.7 Å². The topological polar surface area (TPSA) is 73.4 Å². The number of fused-ring (bicyclic) bond motifs is 1. The van der Waals surface area contributed by atoms with Crippen LogP contribution in [0.3, 0.4) is 0 Å². The fourth-order valence-corrected chi connectivity index (χ4v) is 5.21. The van der Waals surface area contributed by atoms with E-state index in [-0.39, 0.29) is 18.3 Å². The normalized spacial score (nSPS) is 13.9. The van der Waals surface area contributed by atoms with Crippen LogP contribution in [0.2, 0.25) is 0 Å². The van der Waals surface area contributed by atoms with E-state index >= 15 is 0 Å². The number of hydrogen-bond acceptors (Lipinski definition) is 8. The van der Waals surface area contributed by atoms with Crippen molar-refractivity contribution in [3.05, 3.63) is 41.0 Å². The van der Waals surface area contributed by atoms with Gasteiger partial charge in [-0.3, -0.25) is 14.6 Å². The first kappa shape index (κ1) is 27.0. The molecule has 0 spiro atoms. The Kier molecular flexibility index (Phi) is 9.18. The monoisotopic (exact) mass is 521 g/mol. The van der Waals surface area contributed by atoms with Crippen LogP contribution in [0.25, 0.3) is 10.2 Å². The summed E-state index contributed by atoms with van der Waals surface area (Å²) in [4.78, 5) is 22.9. The molecule has 4 rings (SSSR count). The van der Waals surface area contributed by atoms with E-state index in [0.717, 1.165) is 41.0 Å². The fourth-order valence-electron chi connectivity index (χ4n) is 4.07. The number of thiazole rings is 1. The number of rotatable bonds is 8. The van der Waals surface area contributed by atoms with E-state index < -0.39 is 0 Å². The zero-order valence-corrected chi connectivity index (χ0v) is 22.4. The summed E-state index contributed by atoms with van der Waals surface area (Å²) >= 11 is 1.55. The van der Waals surface area contributed by atoms with Crippen molar-refractivity contribution in [3.63, 3.8) is 0 Å². The smallest absolute Gasteiger partial charge is 0.260 e. The molecule has 2 aromatic carbocycles. The number of anilines is 1. The molecule has 0 radical (unpaired) electrons. The van der Waals surface area contributed by atoms with Crippen LogP contribution in [0.1, 0.15) is 21.5 Å². The molecular weight excluding hydrogens is 490 g/mol. The molecule has 1 aromatic heterocycles. The van der Waals surface area contributed by atoms with Crippen molar-refractivity contribution in [3.8, 4) is 17.2 Å². The van der Waals surface area contributed by atoms with Crippen molar-refractivity contribution in [1.82, 2.24) is 9.88 Å². The lowest BCUT2D eigenvalue weighted by atomic mass is 10.1. The van der Waals surface area contributed by atoms with Gasteiger partial charge in [-0.2, -0.15) is 0 Å². The highest BCUT2D eigenvalue weighted by Gasteiger charge is 2.26. The van der Waals surface area contributed by atoms with Gasteiger partial charge in [0.05, 0.1) is 44.8 Å². The third-order valence-electron chi connectivity index (χ3n) is 6.06. The summed E-state index contributed by atoms with van der Waals surface area (Å²) in [5, 5.41) is 0.680.